The molecule has 0 saturated heterocycles. The first-order chi connectivity index (χ1) is 15.0. The Hall–Kier alpha value is -3.20. The molecule has 1 aliphatic rings. The molecule has 0 aliphatic heterocycles. The van der Waals surface area contributed by atoms with Crippen molar-refractivity contribution in [3.8, 4) is 0 Å². The smallest absolute Gasteiger partial charge is 0.293 e. The van der Waals surface area contributed by atoms with Crippen molar-refractivity contribution < 1.29 is 9.72 Å². The van der Waals surface area contributed by atoms with Gasteiger partial charge < -0.3 is 9.88 Å². The van der Waals surface area contributed by atoms with E-state index in [2.05, 4.69) is 20.1 Å². The largest absolute Gasteiger partial charge is 0.319 e. The van der Waals surface area contributed by atoms with Crippen molar-refractivity contribution in [3.05, 3.63) is 75.6 Å². The predicted molar refractivity (Wildman–Crippen MR) is 119 cm³/mol. The van der Waals surface area contributed by atoms with Gasteiger partial charge in [0.2, 0.25) is 5.91 Å². The monoisotopic (exact) mass is 437 g/mol. The minimum absolute atomic E-state index is 0.127. The summed E-state index contributed by atoms with van der Waals surface area (Å²) in [4.78, 5) is 24.3. The molecule has 1 amide bonds. The third-order valence-corrected chi connectivity index (χ3v) is 6.41. The highest BCUT2D eigenvalue weighted by Gasteiger charge is 2.32. The van der Waals surface area contributed by atoms with Crippen LogP contribution in [0.3, 0.4) is 0 Å². The highest BCUT2D eigenvalue weighted by Crippen LogP contribution is 2.42. The fourth-order valence-electron chi connectivity index (χ4n) is 3.43. The van der Waals surface area contributed by atoms with Crippen molar-refractivity contribution in [1.82, 2.24) is 14.8 Å². The van der Waals surface area contributed by atoms with Gasteiger partial charge in [-0.1, -0.05) is 48.2 Å². The molecule has 3 aromatic rings. The lowest BCUT2D eigenvalue weighted by molar-refractivity contribution is -0.384. The second-order valence-corrected chi connectivity index (χ2v) is 8.61. The number of nitrogens with zero attached hydrogens (tertiary/aromatic N) is 4. The molecule has 0 spiro atoms. The van der Waals surface area contributed by atoms with Gasteiger partial charge in [-0.05, 0) is 43.9 Å². The number of nitro benzene ring substituents is 1. The highest BCUT2D eigenvalue weighted by atomic mass is 32.2. The van der Waals surface area contributed by atoms with E-state index in [1.54, 1.807) is 19.1 Å². The molecule has 0 radical (unpaired) electrons. The van der Waals surface area contributed by atoms with Crippen molar-refractivity contribution >= 4 is 29.0 Å². The standard InChI is InChI=1S/C22H23N5O3S/c1-3-26-20(16-10-11-16)24-25-22(26)31-19(15-7-5-4-6-8-15)21(28)23-17-12-9-14(2)13-18(17)27(29)30/h4-9,12-13,16,19H,3,10-11H2,1-2H3,(H,23,28). The summed E-state index contributed by atoms with van der Waals surface area (Å²) in [7, 11) is 0. The van der Waals surface area contributed by atoms with Gasteiger partial charge in [-0.2, -0.15) is 0 Å². The number of nitrogens with one attached hydrogen (secondary N) is 1. The van der Waals surface area contributed by atoms with E-state index in [-0.39, 0.29) is 17.3 Å². The summed E-state index contributed by atoms with van der Waals surface area (Å²) in [6, 6.07) is 14.1. The van der Waals surface area contributed by atoms with E-state index < -0.39 is 10.2 Å². The van der Waals surface area contributed by atoms with Crippen molar-refractivity contribution in [3.63, 3.8) is 0 Å². The van der Waals surface area contributed by atoms with Crippen molar-refractivity contribution in [2.24, 2.45) is 0 Å². The van der Waals surface area contributed by atoms with E-state index in [1.165, 1.54) is 17.8 Å². The number of hydrogen-bond donors (Lipinski definition) is 1. The van der Waals surface area contributed by atoms with Crippen molar-refractivity contribution in [2.45, 2.75) is 49.6 Å². The van der Waals surface area contributed by atoms with Crippen LogP contribution in [0.5, 0.6) is 0 Å². The molecule has 1 saturated carbocycles. The number of carbonyl (C=O) groups is 1. The van der Waals surface area contributed by atoms with Gasteiger partial charge in [0.05, 0.1) is 4.92 Å². The quantitative estimate of drug-likeness (QED) is 0.307. The predicted octanol–water partition coefficient (Wildman–Crippen LogP) is 4.86. The van der Waals surface area contributed by atoms with E-state index in [0.717, 1.165) is 29.8 Å². The summed E-state index contributed by atoms with van der Waals surface area (Å²) in [6.45, 7) is 4.52. The number of rotatable bonds is 8. The first kappa shape index (κ1) is 21.0. The van der Waals surface area contributed by atoms with Crippen LogP contribution < -0.4 is 5.32 Å². The van der Waals surface area contributed by atoms with Gasteiger partial charge in [0.15, 0.2) is 5.16 Å². The lowest BCUT2D eigenvalue weighted by Gasteiger charge is -2.17. The van der Waals surface area contributed by atoms with Crippen LogP contribution in [0.25, 0.3) is 0 Å². The summed E-state index contributed by atoms with van der Waals surface area (Å²) in [6.07, 6.45) is 2.23. The molecule has 8 nitrogen and oxygen atoms in total. The topological polar surface area (TPSA) is 103 Å². The van der Waals surface area contributed by atoms with Gasteiger partial charge in [-0.25, -0.2) is 0 Å². The molecule has 1 unspecified atom stereocenters. The lowest BCUT2D eigenvalue weighted by Crippen LogP contribution is -2.20. The molecule has 1 aromatic heterocycles. The van der Waals surface area contributed by atoms with E-state index in [0.29, 0.717) is 17.6 Å². The van der Waals surface area contributed by atoms with Gasteiger partial charge >= 0.3 is 0 Å². The highest BCUT2D eigenvalue weighted by molar-refractivity contribution is 8.00. The fourth-order valence-corrected chi connectivity index (χ4v) is 4.54. The zero-order chi connectivity index (χ0) is 22.0. The number of anilines is 1. The van der Waals surface area contributed by atoms with Gasteiger partial charge in [0.1, 0.15) is 16.8 Å². The average Bonchev–Trinajstić information content (AvgIpc) is 3.53. The van der Waals surface area contributed by atoms with Crippen LogP contribution >= 0.6 is 11.8 Å². The minimum Gasteiger partial charge on any atom is -0.319 e. The number of nitro groups is 1. The number of aromatic nitrogens is 3. The number of benzene rings is 2. The van der Waals surface area contributed by atoms with Crippen LogP contribution in [0.4, 0.5) is 11.4 Å². The molecular weight excluding hydrogens is 414 g/mol. The van der Waals surface area contributed by atoms with E-state index in [1.807, 2.05) is 37.3 Å². The van der Waals surface area contributed by atoms with Gasteiger partial charge in [0, 0.05) is 18.5 Å². The Morgan fingerprint density at radius 2 is 2.00 bits per heavy atom. The summed E-state index contributed by atoms with van der Waals surface area (Å²) >= 11 is 1.31. The Labute approximate surface area is 184 Å². The zero-order valence-electron chi connectivity index (χ0n) is 17.3. The molecule has 9 heteroatoms. The Balaban J connectivity index is 1.65. The Morgan fingerprint density at radius 3 is 2.65 bits per heavy atom. The number of carbonyl (C=O) groups excluding carboxylic acids is 1. The fraction of sp³-hybridized carbons (Fsp3) is 0.318. The Bertz CT molecular complexity index is 1110. The normalized spacial score (nSPS) is 14.3. The third kappa shape index (κ3) is 4.61. The first-order valence-electron chi connectivity index (χ1n) is 10.2. The molecule has 1 atom stereocenters. The van der Waals surface area contributed by atoms with Crippen LogP contribution in [-0.2, 0) is 11.3 Å². The Morgan fingerprint density at radius 1 is 1.26 bits per heavy atom. The first-order valence-corrected chi connectivity index (χ1v) is 11.1. The van der Waals surface area contributed by atoms with Gasteiger partial charge in [0.25, 0.3) is 5.69 Å². The van der Waals surface area contributed by atoms with Crippen LogP contribution in [-0.4, -0.2) is 25.6 Å². The molecule has 0 bridgehead atoms. The van der Waals surface area contributed by atoms with Crippen LogP contribution in [0.1, 0.15) is 47.9 Å². The van der Waals surface area contributed by atoms with Crippen LogP contribution in [0.15, 0.2) is 53.7 Å². The molecule has 2 aromatic carbocycles. The minimum atomic E-state index is -0.635. The van der Waals surface area contributed by atoms with Crippen LogP contribution in [0.2, 0.25) is 0 Å². The van der Waals surface area contributed by atoms with Crippen molar-refractivity contribution in [1.29, 1.82) is 0 Å². The Kier molecular flexibility index (Phi) is 6.03. The molecule has 1 N–H and O–H groups in total. The van der Waals surface area contributed by atoms with Gasteiger partial charge in [-0.15, -0.1) is 10.2 Å². The summed E-state index contributed by atoms with van der Waals surface area (Å²) in [5, 5.41) is 23.0. The molecule has 1 fully saturated rings. The molecule has 31 heavy (non-hydrogen) atoms. The second-order valence-electron chi connectivity index (χ2n) is 7.53. The van der Waals surface area contributed by atoms with E-state index in [9.17, 15) is 14.9 Å². The zero-order valence-corrected chi connectivity index (χ0v) is 18.1. The van der Waals surface area contributed by atoms with Crippen LogP contribution in [0, 0.1) is 17.0 Å². The summed E-state index contributed by atoms with van der Waals surface area (Å²) in [5.74, 6) is 1.06. The third-order valence-electron chi connectivity index (χ3n) is 5.18. The average molecular weight is 438 g/mol. The number of thioether (sulfide) groups is 1. The molecule has 4 rings (SSSR count). The summed E-state index contributed by atoms with van der Waals surface area (Å²) in [5.41, 5.74) is 1.59. The SMILES string of the molecule is CCn1c(SC(C(=O)Nc2ccc(C)cc2[N+](=O)[O-])c2ccccc2)nnc1C1CC1. The number of hydrogen-bond acceptors (Lipinski definition) is 6. The maximum atomic E-state index is 13.3. The molecule has 1 aliphatic carbocycles. The van der Waals surface area contributed by atoms with Gasteiger partial charge in [-0.3, -0.25) is 14.9 Å². The molecule has 160 valence electrons. The number of amides is 1. The summed E-state index contributed by atoms with van der Waals surface area (Å²) < 4.78 is 2.06. The second kappa shape index (κ2) is 8.89. The maximum absolute atomic E-state index is 13.3. The van der Waals surface area contributed by atoms with E-state index in [4.69, 9.17) is 0 Å². The molecular formula is C22H23N5O3S. The number of aryl methyl sites for hydroxylation is 1. The molecule has 1 heterocycles. The lowest BCUT2D eigenvalue weighted by atomic mass is 10.1. The maximum Gasteiger partial charge on any atom is 0.293 e. The van der Waals surface area contributed by atoms with Crippen molar-refractivity contribution in [2.75, 3.05) is 5.32 Å². The van der Waals surface area contributed by atoms with E-state index >= 15 is 0 Å².